The summed E-state index contributed by atoms with van der Waals surface area (Å²) in [5, 5.41) is 2.34. The van der Waals surface area contributed by atoms with Crippen molar-refractivity contribution < 1.29 is 33.2 Å². The Kier molecular flexibility index (Phi) is 18.7. The molecular weight excluding hydrogens is 421 g/mol. The lowest BCUT2D eigenvalue weighted by atomic mass is 10.1. The van der Waals surface area contributed by atoms with Gasteiger partial charge in [0, 0.05) is 6.42 Å². The maximum atomic E-state index is 11.9. The number of hydrogen-bond donors (Lipinski definition) is 1. The third kappa shape index (κ3) is 20.4. The van der Waals surface area contributed by atoms with Gasteiger partial charge in [0.25, 0.3) is 0 Å². The molecule has 0 bridgehead atoms. The Morgan fingerprint density at radius 3 is 1.94 bits per heavy atom. The van der Waals surface area contributed by atoms with Crippen LogP contribution in [0.2, 0.25) is 0 Å². The SMILES string of the molecule is CCCCCCCC/C=C\CCCCCCCC(=O)N[C@H](COP(=O)([O-])[O-])C(=O)OC. The highest BCUT2D eigenvalue weighted by Gasteiger charge is 2.22. The minimum absolute atomic E-state index is 0.206. The van der Waals surface area contributed by atoms with E-state index >= 15 is 0 Å². The molecule has 0 aliphatic rings. The molecule has 0 fully saturated rings. The van der Waals surface area contributed by atoms with Crippen molar-refractivity contribution in [2.24, 2.45) is 0 Å². The Labute approximate surface area is 187 Å². The van der Waals surface area contributed by atoms with E-state index in [4.69, 9.17) is 0 Å². The van der Waals surface area contributed by atoms with Gasteiger partial charge < -0.3 is 28.9 Å². The molecule has 0 aliphatic heterocycles. The van der Waals surface area contributed by atoms with E-state index in [1.807, 2.05) is 0 Å². The van der Waals surface area contributed by atoms with Crippen LogP contribution < -0.4 is 15.1 Å². The lowest BCUT2D eigenvalue weighted by Crippen LogP contribution is -2.45. The molecule has 31 heavy (non-hydrogen) atoms. The van der Waals surface area contributed by atoms with Gasteiger partial charge in [0.05, 0.1) is 21.5 Å². The van der Waals surface area contributed by atoms with Crippen molar-refractivity contribution in [2.45, 2.75) is 103 Å². The Balaban J connectivity index is 3.72. The van der Waals surface area contributed by atoms with Crippen LogP contribution in [0.5, 0.6) is 0 Å². The second kappa shape index (κ2) is 19.5. The van der Waals surface area contributed by atoms with Crippen LogP contribution >= 0.6 is 7.82 Å². The number of nitrogens with one attached hydrogen (secondary N) is 1. The van der Waals surface area contributed by atoms with Crippen molar-refractivity contribution in [1.29, 1.82) is 0 Å². The van der Waals surface area contributed by atoms with E-state index in [0.29, 0.717) is 6.42 Å². The first-order valence-electron chi connectivity index (χ1n) is 11.5. The van der Waals surface area contributed by atoms with E-state index in [1.165, 1.54) is 44.9 Å². The Morgan fingerprint density at radius 1 is 0.903 bits per heavy atom. The number of phosphoric acid groups is 1. The summed E-state index contributed by atoms with van der Waals surface area (Å²) in [6.07, 6.45) is 19.7. The molecule has 0 rings (SSSR count). The maximum Gasteiger partial charge on any atom is 0.330 e. The van der Waals surface area contributed by atoms with Crippen LogP contribution in [0.3, 0.4) is 0 Å². The van der Waals surface area contributed by atoms with Crippen LogP contribution in [0.1, 0.15) is 96.8 Å². The number of rotatable bonds is 20. The van der Waals surface area contributed by atoms with Gasteiger partial charge in [0.2, 0.25) is 5.91 Å². The van der Waals surface area contributed by atoms with Crippen molar-refractivity contribution in [1.82, 2.24) is 5.32 Å². The summed E-state index contributed by atoms with van der Waals surface area (Å²) >= 11 is 0. The highest BCUT2D eigenvalue weighted by molar-refractivity contribution is 7.43. The van der Waals surface area contributed by atoms with E-state index in [1.54, 1.807) is 0 Å². The average Bonchev–Trinajstić information content (AvgIpc) is 2.72. The highest BCUT2D eigenvalue weighted by atomic mass is 31.2. The minimum atomic E-state index is -5.23. The molecule has 0 heterocycles. The predicted molar refractivity (Wildman–Crippen MR) is 117 cm³/mol. The van der Waals surface area contributed by atoms with E-state index < -0.39 is 32.3 Å². The number of esters is 1. The number of amides is 1. The fourth-order valence-corrected chi connectivity index (χ4v) is 3.43. The van der Waals surface area contributed by atoms with Crippen LogP contribution in [0.15, 0.2) is 12.2 Å². The van der Waals surface area contributed by atoms with Gasteiger partial charge >= 0.3 is 5.97 Å². The maximum absolute atomic E-state index is 11.9. The topological polar surface area (TPSA) is 128 Å². The van der Waals surface area contributed by atoms with Gasteiger partial charge in [0.15, 0.2) is 6.04 Å². The molecule has 8 nitrogen and oxygen atoms in total. The summed E-state index contributed by atoms with van der Waals surface area (Å²) in [7, 11) is -4.13. The largest absolute Gasteiger partial charge is 0.790 e. The fourth-order valence-electron chi connectivity index (χ4n) is 3.10. The second-order valence-electron chi connectivity index (χ2n) is 7.72. The van der Waals surface area contributed by atoms with Crippen molar-refractivity contribution >= 4 is 19.7 Å². The number of allylic oxidation sites excluding steroid dienone is 2. The van der Waals surface area contributed by atoms with Gasteiger partial charge in [-0.1, -0.05) is 70.4 Å². The smallest absolute Gasteiger partial charge is 0.330 e. The third-order valence-corrected chi connectivity index (χ3v) is 5.35. The number of carbonyl (C=O) groups excluding carboxylic acids is 2. The molecular formula is C22H40NO7P-2. The summed E-state index contributed by atoms with van der Waals surface area (Å²) in [6.45, 7) is 1.46. The van der Waals surface area contributed by atoms with Crippen LogP contribution in [0, 0.1) is 0 Å². The normalized spacial score (nSPS) is 12.8. The molecule has 0 aromatic heterocycles. The van der Waals surface area contributed by atoms with Crippen LogP contribution in [-0.2, 0) is 23.4 Å². The summed E-state index contributed by atoms with van der Waals surface area (Å²) in [4.78, 5) is 44.6. The number of carbonyl (C=O) groups is 2. The summed E-state index contributed by atoms with van der Waals surface area (Å²) in [6, 6.07) is -1.32. The van der Waals surface area contributed by atoms with Crippen molar-refractivity contribution in [3.8, 4) is 0 Å². The van der Waals surface area contributed by atoms with Crippen LogP contribution in [0.4, 0.5) is 0 Å². The summed E-state index contributed by atoms with van der Waals surface area (Å²) in [5.41, 5.74) is 0. The molecule has 9 heteroatoms. The zero-order valence-electron chi connectivity index (χ0n) is 19.1. The lowest BCUT2D eigenvalue weighted by Gasteiger charge is -2.30. The molecule has 0 aliphatic carbocycles. The minimum Gasteiger partial charge on any atom is -0.790 e. The van der Waals surface area contributed by atoms with Crippen LogP contribution in [-0.4, -0.2) is 31.6 Å². The molecule has 1 amide bonds. The van der Waals surface area contributed by atoms with Gasteiger partial charge in [-0.05, 0) is 32.1 Å². The van der Waals surface area contributed by atoms with E-state index in [2.05, 4.69) is 33.7 Å². The first-order chi connectivity index (χ1) is 14.8. The Morgan fingerprint density at radius 2 is 1.42 bits per heavy atom. The molecule has 1 N–H and O–H groups in total. The standard InChI is InChI=1S/C22H42NO7P/c1-3-4-5-6-7-8-9-10-11-12-13-14-15-16-17-18-21(24)23-20(22(25)29-2)19-30-31(26,27)28/h10-11,20H,3-9,12-19H2,1-2H3,(H,23,24)(H2,26,27,28)/p-2/b11-10-/t20-/m1/s1. The number of hydrogen-bond acceptors (Lipinski definition) is 7. The molecule has 0 radical (unpaired) electrons. The Hall–Kier alpha value is -1.21. The average molecular weight is 462 g/mol. The van der Waals surface area contributed by atoms with E-state index in [-0.39, 0.29) is 6.42 Å². The van der Waals surface area contributed by atoms with Gasteiger partial charge in [0.1, 0.15) is 0 Å². The molecule has 0 aromatic rings. The molecule has 0 saturated carbocycles. The molecule has 0 spiro atoms. The van der Waals surface area contributed by atoms with Crippen molar-refractivity contribution in [3.63, 3.8) is 0 Å². The van der Waals surface area contributed by atoms with Gasteiger partial charge in [-0.25, -0.2) is 4.79 Å². The van der Waals surface area contributed by atoms with Gasteiger partial charge in [-0.2, -0.15) is 0 Å². The molecule has 0 aromatic carbocycles. The third-order valence-electron chi connectivity index (χ3n) is 4.89. The summed E-state index contributed by atoms with van der Waals surface area (Å²) in [5.74, 6) is -1.28. The Bertz CT molecular complexity index is 548. The van der Waals surface area contributed by atoms with Gasteiger partial charge in [-0.3, -0.25) is 4.79 Å². The quantitative estimate of drug-likeness (QED) is 0.127. The zero-order valence-corrected chi connectivity index (χ0v) is 20.0. The predicted octanol–water partition coefficient (Wildman–Crippen LogP) is 3.53. The molecule has 182 valence electrons. The molecule has 0 saturated heterocycles. The monoisotopic (exact) mass is 461 g/mol. The number of ether oxygens (including phenoxy) is 1. The highest BCUT2D eigenvalue weighted by Crippen LogP contribution is 2.24. The van der Waals surface area contributed by atoms with Crippen LogP contribution in [0.25, 0.3) is 0 Å². The van der Waals surface area contributed by atoms with E-state index in [9.17, 15) is 23.9 Å². The zero-order chi connectivity index (χ0) is 23.4. The van der Waals surface area contributed by atoms with Crippen molar-refractivity contribution in [3.05, 3.63) is 12.2 Å². The lowest BCUT2D eigenvalue weighted by molar-refractivity contribution is -0.341. The number of methoxy groups -OCH3 is 1. The summed E-state index contributed by atoms with van der Waals surface area (Å²) < 4.78 is 19.1. The van der Waals surface area contributed by atoms with Gasteiger partial charge in [-0.15, -0.1) is 0 Å². The number of phosphoric ester groups is 1. The first-order valence-corrected chi connectivity index (χ1v) is 12.9. The van der Waals surface area contributed by atoms with E-state index in [0.717, 1.165) is 39.2 Å². The molecule has 1 atom stereocenters. The molecule has 0 unspecified atom stereocenters. The second-order valence-corrected chi connectivity index (χ2v) is 8.87. The number of unbranched alkanes of at least 4 members (excludes halogenated alkanes) is 11. The first kappa shape index (κ1) is 29.8. The fraction of sp³-hybridized carbons (Fsp3) is 0.818. The van der Waals surface area contributed by atoms with Crippen molar-refractivity contribution in [2.75, 3.05) is 13.7 Å².